The van der Waals surface area contributed by atoms with Crippen molar-refractivity contribution in [1.82, 2.24) is 10.2 Å². The SMILES string of the molecule is CCC(C)CNC(C)CN1CCCC1. The van der Waals surface area contributed by atoms with Crippen LogP contribution < -0.4 is 5.32 Å². The fourth-order valence-electron chi connectivity index (χ4n) is 1.96. The zero-order valence-corrected chi connectivity index (χ0v) is 10.1. The molecule has 0 amide bonds. The van der Waals surface area contributed by atoms with Gasteiger partial charge in [0.05, 0.1) is 0 Å². The first-order chi connectivity index (χ1) is 6.72. The first-order valence-corrected chi connectivity index (χ1v) is 6.18. The van der Waals surface area contributed by atoms with E-state index < -0.39 is 0 Å². The van der Waals surface area contributed by atoms with Gasteiger partial charge >= 0.3 is 0 Å². The minimum Gasteiger partial charge on any atom is -0.313 e. The lowest BCUT2D eigenvalue weighted by atomic mass is 10.1. The molecule has 1 heterocycles. The van der Waals surface area contributed by atoms with Crippen LogP contribution in [0.25, 0.3) is 0 Å². The zero-order valence-electron chi connectivity index (χ0n) is 10.1. The summed E-state index contributed by atoms with van der Waals surface area (Å²) in [4.78, 5) is 2.58. The molecule has 14 heavy (non-hydrogen) atoms. The third-order valence-electron chi connectivity index (χ3n) is 3.24. The molecular formula is C12H26N2. The van der Waals surface area contributed by atoms with E-state index in [-0.39, 0.29) is 0 Å². The Bertz CT molecular complexity index is 141. The van der Waals surface area contributed by atoms with Gasteiger partial charge in [-0.05, 0) is 45.3 Å². The van der Waals surface area contributed by atoms with E-state index in [4.69, 9.17) is 0 Å². The maximum atomic E-state index is 3.62. The van der Waals surface area contributed by atoms with Gasteiger partial charge in [0, 0.05) is 12.6 Å². The molecule has 0 saturated carbocycles. The molecule has 2 atom stereocenters. The second kappa shape index (κ2) is 6.41. The van der Waals surface area contributed by atoms with E-state index in [2.05, 4.69) is 31.0 Å². The summed E-state index contributed by atoms with van der Waals surface area (Å²) < 4.78 is 0. The highest BCUT2D eigenvalue weighted by atomic mass is 15.2. The van der Waals surface area contributed by atoms with Crippen molar-refractivity contribution in [2.24, 2.45) is 5.92 Å². The quantitative estimate of drug-likeness (QED) is 0.703. The number of nitrogens with zero attached hydrogens (tertiary/aromatic N) is 1. The van der Waals surface area contributed by atoms with Gasteiger partial charge in [-0.2, -0.15) is 0 Å². The van der Waals surface area contributed by atoms with Crippen molar-refractivity contribution in [3.63, 3.8) is 0 Å². The highest BCUT2D eigenvalue weighted by molar-refractivity contribution is 4.72. The minimum absolute atomic E-state index is 0.655. The van der Waals surface area contributed by atoms with Crippen LogP contribution in [0.2, 0.25) is 0 Å². The topological polar surface area (TPSA) is 15.3 Å². The molecule has 0 bridgehead atoms. The molecule has 2 unspecified atom stereocenters. The molecule has 84 valence electrons. The summed E-state index contributed by atoms with van der Waals surface area (Å²) in [5, 5.41) is 3.62. The molecule has 2 nitrogen and oxygen atoms in total. The van der Waals surface area contributed by atoms with Gasteiger partial charge in [-0.3, -0.25) is 0 Å². The van der Waals surface area contributed by atoms with E-state index in [0.29, 0.717) is 6.04 Å². The number of likely N-dealkylation sites (tertiary alicyclic amines) is 1. The first kappa shape index (κ1) is 12.0. The molecule has 1 saturated heterocycles. The van der Waals surface area contributed by atoms with Crippen molar-refractivity contribution >= 4 is 0 Å². The number of hydrogen-bond donors (Lipinski definition) is 1. The van der Waals surface area contributed by atoms with Crippen LogP contribution in [0, 0.1) is 5.92 Å². The number of nitrogens with one attached hydrogen (secondary N) is 1. The molecule has 1 rings (SSSR count). The van der Waals surface area contributed by atoms with E-state index in [1.807, 2.05) is 0 Å². The Balaban J connectivity index is 2.05. The highest BCUT2D eigenvalue weighted by Gasteiger charge is 2.14. The molecule has 0 aromatic heterocycles. The summed E-state index contributed by atoms with van der Waals surface area (Å²) in [7, 11) is 0. The lowest BCUT2D eigenvalue weighted by Gasteiger charge is -2.22. The smallest absolute Gasteiger partial charge is 0.0166 e. The Kier molecular flexibility index (Phi) is 5.49. The average Bonchev–Trinajstić information content (AvgIpc) is 2.66. The summed E-state index contributed by atoms with van der Waals surface area (Å²) >= 11 is 0. The Morgan fingerprint density at radius 1 is 1.21 bits per heavy atom. The van der Waals surface area contributed by atoms with Crippen LogP contribution in [0.4, 0.5) is 0 Å². The highest BCUT2D eigenvalue weighted by Crippen LogP contribution is 2.07. The Morgan fingerprint density at radius 3 is 2.43 bits per heavy atom. The Labute approximate surface area is 89.1 Å². The van der Waals surface area contributed by atoms with Crippen molar-refractivity contribution in [3.8, 4) is 0 Å². The first-order valence-electron chi connectivity index (χ1n) is 6.18. The molecule has 0 aromatic carbocycles. The van der Waals surface area contributed by atoms with Crippen molar-refractivity contribution in [2.45, 2.75) is 46.1 Å². The van der Waals surface area contributed by atoms with E-state index in [9.17, 15) is 0 Å². The molecule has 0 aliphatic carbocycles. The van der Waals surface area contributed by atoms with Gasteiger partial charge in [-0.25, -0.2) is 0 Å². The predicted octanol–water partition coefficient (Wildman–Crippen LogP) is 2.11. The lowest BCUT2D eigenvalue weighted by molar-refractivity contribution is 0.292. The molecule has 1 N–H and O–H groups in total. The van der Waals surface area contributed by atoms with Gasteiger partial charge in [0.15, 0.2) is 0 Å². The molecule has 2 heteroatoms. The van der Waals surface area contributed by atoms with Gasteiger partial charge in [0.2, 0.25) is 0 Å². The fourth-order valence-corrected chi connectivity index (χ4v) is 1.96. The summed E-state index contributed by atoms with van der Waals surface area (Å²) in [6.07, 6.45) is 4.08. The second-order valence-corrected chi connectivity index (χ2v) is 4.83. The molecular weight excluding hydrogens is 172 g/mol. The van der Waals surface area contributed by atoms with Gasteiger partial charge in [0.25, 0.3) is 0 Å². The van der Waals surface area contributed by atoms with Crippen molar-refractivity contribution in [3.05, 3.63) is 0 Å². The van der Waals surface area contributed by atoms with Crippen LogP contribution in [0.3, 0.4) is 0 Å². The predicted molar refractivity (Wildman–Crippen MR) is 62.6 cm³/mol. The van der Waals surface area contributed by atoms with E-state index in [1.165, 1.54) is 45.4 Å². The summed E-state index contributed by atoms with van der Waals surface area (Å²) in [5.74, 6) is 0.816. The zero-order chi connectivity index (χ0) is 10.4. The second-order valence-electron chi connectivity index (χ2n) is 4.83. The van der Waals surface area contributed by atoms with Gasteiger partial charge in [-0.15, -0.1) is 0 Å². The summed E-state index contributed by atoms with van der Waals surface area (Å²) in [6.45, 7) is 11.9. The van der Waals surface area contributed by atoms with Crippen LogP contribution in [0.5, 0.6) is 0 Å². The third kappa shape index (κ3) is 4.43. The van der Waals surface area contributed by atoms with Gasteiger partial charge < -0.3 is 10.2 Å². The number of rotatable bonds is 6. The molecule has 0 radical (unpaired) electrons. The van der Waals surface area contributed by atoms with Crippen LogP contribution >= 0.6 is 0 Å². The van der Waals surface area contributed by atoms with Crippen molar-refractivity contribution < 1.29 is 0 Å². The standard InChI is InChI=1S/C12H26N2/c1-4-11(2)9-13-12(3)10-14-7-5-6-8-14/h11-13H,4-10H2,1-3H3. The molecule has 1 aliphatic heterocycles. The molecule has 1 fully saturated rings. The minimum atomic E-state index is 0.655. The maximum absolute atomic E-state index is 3.62. The van der Waals surface area contributed by atoms with Gasteiger partial charge in [-0.1, -0.05) is 20.3 Å². The van der Waals surface area contributed by atoms with Crippen LogP contribution in [-0.4, -0.2) is 37.1 Å². The molecule has 0 aromatic rings. The Hall–Kier alpha value is -0.0800. The average molecular weight is 198 g/mol. The van der Waals surface area contributed by atoms with Crippen molar-refractivity contribution in [1.29, 1.82) is 0 Å². The number of hydrogen-bond acceptors (Lipinski definition) is 2. The van der Waals surface area contributed by atoms with E-state index in [0.717, 1.165) is 5.92 Å². The third-order valence-corrected chi connectivity index (χ3v) is 3.24. The van der Waals surface area contributed by atoms with Gasteiger partial charge in [0.1, 0.15) is 0 Å². The maximum Gasteiger partial charge on any atom is 0.0166 e. The van der Waals surface area contributed by atoms with Crippen LogP contribution in [0.15, 0.2) is 0 Å². The lowest BCUT2D eigenvalue weighted by Crippen LogP contribution is -2.39. The van der Waals surface area contributed by atoms with Crippen molar-refractivity contribution in [2.75, 3.05) is 26.2 Å². The summed E-state index contributed by atoms with van der Waals surface area (Å²) in [6, 6.07) is 0.655. The van der Waals surface area contributed by atoms with Crippen LogP contribution in [-0.2, 0) is 0 Å². The molecule has 1 aliphatic rings. The largest absolute Gasteiger partial charge is 0.313 e. The van der Waals surface area contributed by atoms with Crippen LogP contribution in [0.1, 0.15) is 40.0 Å². The Morgan fingerprint density at radius 2 is 1.86 bits per heavy atom. The monoisotopic (exact) mass is 198 g/mol. The fraction of sp³-hybridized carbons (Fsp3) is 1.00. The molecule has 0 spiro atoms. The normalized spacial score (nSPS) is 22.5. The van der Waals surface area contributed by atoms with E-state index in [1.54, 1.807) is 0 Å². The van der Waals surface area contributed by atoms with E-state index >= 15 is 0 Å². The summed E-state index contributed by atoms with van der Waals surface area (Å²) in [5.41, 5.74) is 0.